The number of anilines is 1. The van der Waals surface area contributed by atoms with Crippen molar-refractivity contribution in [2.24, 2.45) is 0 Å². The van der Waals surface area contributed by atoms with Gasteiger partial charge in [-0.1, -0.05) is 6.07 Å². The average Bonchev–Trinajstić information content (AvgIpc) is 2.85. The minimum atomic E-state index is 0.583. The Morgan fingerprint density at radius 2 is 1.61 bits per heavy atom. The predicted molar refractivity (Wildman–Crippen MR) is 125 cm³/mol. The Hall–Kier alpha value is -3.78. The smallest absolute Gasteiger partial charge is 0.178 e. The summed E-state index contributed by atoms with van der Waals surface area (Å²) in [7, 11) is 0. The van der Waals surface area contributed by atoms with Crippen LogP contribution in [0.1, 0.15) is 28.6 Å². The number of rotatable bonds is 6. The first kappa shape index (κ1) is 21.1. The third-order valence-electron chi connectivity index (χ3n) is 5.48. The van der Waals surface area contributed by atoms with Crippen LogP contribution in [0.25, 0.3) is 11.5 Å². The molecule has 33 heavy (non-hydrogen) atoms. The molecule has 0 spiro atoms. The third kappa shape index (κ3) is 5.35. The van der Waals surface area contributed by atoms with Gasteiger partial charge in [-0.25, -0.2) is 24.9 Å². The van der Waals surface area contributed by atoms with Crippen molar-refractivity contribution >= 4 is 5.69 Å². The van der Waals surface area contributed by atoms with Gasteiger partial charge in [-0.3, -0.25) is 4.98 Å². The Bertz CT molecular complexity index is 1220. The zero-order valence-electron chi connectivity index (χ0n) is 18.6. The molecule has 0 saturated carbocycles. The maximum Gasteiger partial charge on any atom is 0.178 e. The van der Waals surface area contributed by atoms with Gasteiger partial charge in [0.25, 0.3) is 0 Å². The van der Waals surface area contributed by atoms with Crippen molar-refractivity contribution < 1.29 is 4.74 Å². The number of hydrogen-bond acceptors (Lipinski definition) is 8. The Morgan fingerprint density at radius 1 is 0.788 bits per heavy atom. The third-order valence-corrected chi connectivity index (χ3v) is 5.48. The first-order valence-electron chi connectivity index (χ1n) is 11.1. The highest BCUT2D eigenvalue weighted by atomic mass is 16.5. The predicted octanol–water partition coefficient (Wildman–Crippen LogP) is 3.05. The van der Waals surface area contributed by atoms with E-state index in [1.807, 2.05) is 49.5 Å². The molecule has 0 amide bonds. The Labute approximate surface area is 192 Å². The lowest BCUT2D eigenvalue weighted by molar-refractivity contribution is 0.122. The van der Waals surface area contributed by atoms with Gasteiger partial charge < -0.3 is 9.64 Å². The first-order chi connectivity index (χ1) is 16.2. The van der Waals surface area contributed by atoms with E-state index in [2.05, 4.69) is 35.9 Å². The fraction of sp³-hybridized carbons (Fsp3) is 0.280. The van der Waals surface area contributed by atoms with Crippen LogP contribution in [0.3, 0.4) is 0 Å². The van der Waals surface area contributed by atoms with Crippen LogP contribution in [0.4, 0.5) is 5.69 Å². The van der Waals surface area contributed by atoms with E-state index in [9.17, 15) is 0 Å². The van der Waals surface area contributed by atoms with Gasteiger partial charge in [-0.15, -0.1) is 0 Å². The lowest BCUT2D eigenvalue weighted by Gasteiger charge is -2.28. The van der Waals surface area contributed by atoms with Gasteiger partial charge in [-0.05, 0) is 43.3 Å². The van der Waals surface area contributed by atoms with Gasteiger partial charge in [0.2, 0.25) is 0 Å². The number of nitrogens with zero attached hydrogens (tertiary/aromatic N) is 7. The molecule has 1 fully saturated rings. The van der Waals surface area contributed by atoms with Crippen LogP contribution in [-0.2, 0) is 17.6 Å². The van der Waals surface area contributed by atoms with Crippen molar-refractivity contribution in [1.29, 1.82) is 0 Å². The fourth-order valence-electron chi connectivity index (χ4n) is 3.79. The molecule has 0 bridgehead atoms. The van der Waals surface area contributed by atoms with E-state index in [0.717, 1.165) is 66.3 Å². The number of morpholine rings is 1. The maximum atomic E-state index is 5.42. The van der Waals surface area contributed by atoms with Crippen LogP contribution < -0.4 is 4.90 Å². The summed E-state index contributed by atoms with van der Waals surface area (Å²) in [5.74, 6) is 1.36. The summed E-state index contributed by atoms with van der Waals surface area (Å²) in [6.45, 7) is 5.28. The Morgan fingerprint density at radius 3 is 2.39 bits per heavy atom. The second-order valence-electron chi connectivity index (χ2n) is 7.96. The van der Waals surface area contributed by atoms with E-state index >= 15 is 0 Å². The second kappa shape index (κ2) is 9.79. The minimum absolute atomic E-state index is 0.583. The fourth-order valence-corrected chi connectivity index (χ4v) is 3.79. The van der Waals surface area contributed by atoms with Crippen molar-refractivity contribution in [3.8, 4) is 11.5 Å². The number of ether oxygens (including phenoxy) is 1. The molecule has 4 aromatic heterocycles. The standard InChI is InChI=1S/C25H25N7O/c1-18-3-2-4-23(29-18)25-27-10-8-21(31-25)15-20-7-9-26-24(30-20)16-19-5-6-22(17-28-19)32-11-13-33-14-12-32/h2-10,17H,11-16H2,1H3. The molecule has 0 atom stereocenters. The van der Waals surface area contributed by atoms with Gasteiger partial charge in [0.1, 0.15) is 11.5 Å². The second-order valence-corrected chi connectivity index (χ2v) is 7.96. The van der Waals surface area contributed by atoms with Crippen LogP contribution in [0.2, 0.25) is 0 Å². The van der Waals surface area contributed by atoms with Gasteiger partial charge in [0.05, 0.1) is 42.9 Å². The van der Waals surface area contributed by atoms with E-state index in [-0.39, 0.29) is 0 Å². The number of pyridine rings is 2. The highest BCUT2D eigenvalue weighted by Crippen LogP contribution is 2.17. The molecule has 1 saturated heterocycles. The molecule has 0 aliphatic carbocycles. The largest absolute Gasteiger partial charge is 0.378 e. The normalized spacial score (nSPS) is 13.8. The van der Waals surface area contributed by atoms with E-state index in [1.165, 1.54) is 0 Å². The van der Waals surface area contributed by atoms with Gasteiger partial charge in [-0.2, -0.15) is 0 Å². The summed E-state index contributed by atoms with van der Waals surface area (Å²) in [4.78, 5) is 29.7. The van der Waals surface area contributed by atoms with Crippen molar-refractivity contribution in [3.05, 3.63) is 89.7 Å². The topological polar surface area (TPSA) is 89.8 Å². The highest BCUT2D eigenvalue weighted by Gasteiger charge is 2.12. The van der Waals surface area contributed by atoms with E-state index in [4.69, 9.17) is 9.72 Å². The molecule has 1 aliphatic rings. The maximum absolute atomic E-state index is 5.42. The first-order valence-corrected chi connectivity index (χ1v) is 11.1. The number of aryl methyl sites for hydroxylation is 1. The lowest BCUT2D eigenvalue weighted by Crippen LogP contribution is -2.36. The Balaban J connectivity index is 1.27. The summed E-state index contributed by atoms with van der Waals surface area (Å²) < 4.78 is 5.42. The Kier molecular flexibility index (Phi) is 6.25. The summed E-state index contributed by atoms with van der Waals surface area (Å²) in [6, 6.07) is 13.8. The van der Waals surface area contributed by atoms with Gasteiger partial charge in [0, 0.05) is 43.3 Å². The van der Waals surface area contributed by atoms with E-state index in [1.54, 1.807) is 12.4 Å². The molecule has 4 aromatic rings. The summed E-state index contributed by atoms with van der Waals surface area (Å²) in [5, 5.41) is 0. The number of aromatic nitrogens is 6. The van der Waals surface area contributed by atoms with Crippen molar-refractivity contribution in [2.45, 2.75) is 19.8 Å². The molecule has 0 radical (unpaired) electrons. The zero-order valence-corrected chi connectivity index (χ0v) is 18.6. The van der Waals surface area contributed by atoms with Crippen LogP contribution in [0, 0.1) is 6.92 Å². The summed E-state index contributed by atoms with van der Waals surface area (Å²) >= 11 is 0. The molecule has 8 heteroatoms. The SMILES string of the molecule is Cc1cccc(-c2nccc(Cc3ccnc(Cc4ccc(N5CCOCC5)cn4)n3)n2)n1. The molecule has 5 rings (SSSR count). The van der Waals surface area contributed by atoms with E-state index < -0.39 is 0 Å². The summed E-state index contributed by atoms with van der Waals surface area (Å²) in [6.07, 6.45) is 6.67. The molecule has 0 unspecified atom stereocenters. The van der Waals surface area contributed by atoms with Crippen LogP contribution >= 0.6 is 0 Å². The minimum Gasteiger partial charge on any atom is -0.378 e. The van der Waals surface area contributed by atoms with Gasteiger partial charge in [0.15, 0.2) is 5.82 Å². The molecule has 166 valence electrons. The van der Waals surface area contributed by atoms with Gasteiger partial charge >= 0.3 is 0 Å². The monoisotopic (exact) mass is 439 g/mol. The number of hydrogen-bond donors (Lipinski definition) is 0. The molecular formula is C25H25N7O. The van der Waals surface area contributed by atoms with Crippen molar-refractivity contribution in [3.63, 3.8) is 0 Å². The zero-order chi connectivity index (χ0) is 22.5. The van der Waals surface area contributed by atoms with Crippen LogP contribution in [-0.4, -0.2) is 56.2 Å². The molecule has 1 aliphatic heterocycles. The van der Waals surface area contributed by atoms with Crippen LogP contribution in [0.5, 0.6) is 0 Å². The lowest BCUT2D eigenvalue weighted by atomic mass is 10.2. The summed E-state index contributed by atoms with van der Waals surface area (Å²) in [5.41, 5.74) is 5.58. The highest BCUT2D eigenvalue weighted by molar-refractivity contribution is 5.49. The van der Waals surface area contributed by atoms with Crippen molar-refractivity contribution in [1.82, 2.24) is 29.9 Å². The van der Waals surface area contributed by atoms with E-state index in [0.29, 0.717) is 18.7 Å². The molecular weight excluding hydrogens is 414 g/mol. The van der Waals surface area contributed by atoms with Crippen LogP contribution in [0.15, 0.2) is 61.1 Å². The van der Waals surface area contributed by atoms with Crippen molar-refractivity contribution in [2.75, 3.05) is 31.2 Å². The quantitative estimate of drug-likeness (QED) is 0.453. The molecule has 0 N–H and O–H groups in total. The molecule has 5 heterocycles. The molecule has 0 aromatic carbocycles. The average molecular weight is 440 g/mol. The molecule has 8 nitrogen and oxygen atoms in total.